The quantitative estimate of drug-likeness (QED) is 0.791. The van der Waals surface area contributed by atoms with Crippen molar-refractivity contribution in [1.82, 2.24) is 14.9 Å². The van der Waals surface area contributed by atoms with E-state index in [9.17, 15) is 4.79 Å². The summed E-state index contributed by atoms with van der Waals surface area (Å²) in [5.74, 6) is 1.13. The summed E-state index contributed by atoms with van der Waals surface area (Å²) in [4.78, 5) is 24.3. The number of halogens is 1. The third kappa shape index (κ3) is 5.53. The fourth-order valence-electron chi connectivity index (χ4n) is 2.60. The zero-order valence-electron chi connectivity index (χ0n) is 14.3. The van der Waals surface area contributed by atoms with E-state index in [2.05, 4.69) is 9.97 Å². The summed E-state index contributed by atoms with van der Waals surface area (Å²) in [6, 6.07) is 1.66. The molecule has 0 bridgehead atoms. The van der Waals surface area contributed by atoms with Crippen molar-refractivity contribution in [3.8, 4) is 0 Å². The van der Waals surface area contributed by atoms with Gasteiger partial charge in [-0.25, -0.2) is 14.8 Å². The van der Waals surface area contributed by atoms with Crippen LogP contribution in [0.15, 0.2) is 12.3 Å². The van der Waals surface area contributed by atoms with Gasteiger partial charge in [-0.15, -0.1) is 0 Å². The van der Waals surface area contributed by atoms with Gasteiger partial charge in [0.15, 0.2) is 0 Å². The number of carbonyl (C=O) groups is 1. The number of ether oxygens (including phenoxy) is 1. The highest BCUT2D eigenvalue weighted by atomic mass is 35.5. The number of hydrogen-bond donors (Lipinski definition) is 0. The van der Waals surface area contributed by atoms with Crippen molar-refractivity contribution in [2.75, 3.05) is 31.6 Å². The Morgan fingerprint density at radius 3 is 2.65 bits per heavy atom. The van der Waals surface area contributed by atoms with Crippen LogP contribution in [0, 0.1) is 5.92 Å². The Hall–Kier alpha value is -1.56. The van der Waals surface area contributed by atoms with Crippen molar-refractivity contribution >= 4 is 23.6 Å². The molecule has 2 rings (SSSR count). The summed E-state index contributed by atoms with van der Waals surface area (Å²) in [6.45, 7) is 7.96. The fraction of sp³-hybridized carbons (Fsp3) is 0.688. The van der Waals surface area contributed by atoms with Crippen LogP contribution in [0.2, 0.25) is 5.15 Å². The average Bonchev–Trinajstić information content (AvgIpc) is 2.46. The molecule has 0 spiro atoms. The van der Waals surface area contributed by atoms with Crippen LogP contribution in [0.3, 0.4) is 0 Å². The maximum atomic E-state index is 12.1. The molecule has 6 nitrogen and oxygen atoms in total. The highest BCUT2D eigenvalue weighted by Crippen LogP contribution is 2.21. The number of amides is 1. The summed E-state index contributed by atoms with van der Waals surface area (Å²) in [6.07, 6.45) is 3.34. The van der Waals surface area contributed by atoms with E-state index in [1.165, 1.54) is 0 Å². The lowest BCUT2D eigenvalue weighted by molar-refractivity contribution is 0.0186. The first kappa shape index (κ1) is 17.8. The normalized spacial score (nSPS) is 16.3. The molecule has 1 amide bonds. The second-order valence-electron chi connectivity index (χ2n) is 6.97. The van der Waals surface area contributed by atoms with Crippen LogP contribution in [0.1, 0.15) is 33.6 Å². The Balaban J connectivity index is 1.81. The lowest BCUT2D eigenvalue weighted by Crippen LogP contribution is -2.43. The van der Waals surface area contributed by atoms with E-state index in [0.717, 1.165) is 32.5 Å². The summed E-state index contributed by atoms with van der Waals surface area (Å²) in [5.41, 5.74) is -0.446. The molecule has 2 heterocycles. The van der Waals surface area contributed by atoms with E-state index in [-0.39, 0.29) is 6.09 Å². The van der Waals surface area contributed by atoms with E-state index in [1.54, 1.807) is 17.2 Å². The Morgan fingerprint density at radius 2 is 2.09 bits per heavy atom. The first-order valence-corrected chi connectivity index (χ1v) is 8.30. The number of carbonyl (C=O) groups excluding carboxylic acids is 1. The largest absolute Gasteiger partial charge is 0.444 e. The number of piperidine rings is 1. The van der Waals surface area contributed by atoms with Crippen LogP contribution in [-0.2, 0) is 4.74 Å². The molecular formula is C16H25ClN4O2. The van der Waals surface area contributed by atoms with Crippen molar-refractivity contribution < 1.29 is 9.53 Å². The molecule has 1 saturated heterocycles. The van der Waals surface area contributed by atoms with Gasteiger partial charge in [0.1, 0.15) is 10.8 Å². The fourth-order valence-corrected chi connectivity index (χ4v) is 2.74. The molecule has 0 aliphatic carbocycles. The molecule has 0 N–H and O–H groups in total. The van der Waals surface area contributed by atoms with Gasteiger partial charge in [0.25, 0.3) is 0 Å². The molecule has 0 saturated carbocycles. The summed E-state index contributed by atoms with van der Waals surface area (Å²) >= 11 is 5.90. The monoisotopic (exact) mass is 340 g/mol. The van der Waals surface area contributed by atoms with Crippen LogP contribution in [-0.4, -0.2) is 53.2 Å². The lowest BCUT2D eigenvalue weighted by atomic mass is 9.96. The van der Waals surface area contributed by atoms with Crippen LogP contribution in [0.25, 0.3) is 0 Å². The second kappa shape index (κ2) is 7.34. The summed E-state index contributed by atoms with van der Waals surface area (Å²) < 4.78 is 5.42. The van der Waals surface area contributed by atoms with Gasteiger partial charge in [-0.2, -0.15) is 0 Å². The van der Waals surface area contributed by atoms with Gasteiger partial charge in [-0.05, 0) is 45.6 Å². The number of rotatable bonds is 3. The summed E-state index contributed by atoms with van der Waals surface area (Å²) in [7, 11) is 1.96. The number of likely N-dealkylation sites (tertiary alicyclic amines) is 1. The van der Waals surface area contributed by atoms with Crippen molar-refractivity contribution in [2.45, 2.75) is 39.2 Å². The standard InChI is InChI=1S/C16H25ClN4O2/c1-16(2,3)23-15(22)21-9-6-12(7-10-21)11-20(4)14-18-8-5-13(17)19-14/h5,8,12H,6-7,9-11H2,1-4H3. The lowest BCUT2D eigenvalue weighted by Gasteiger charge is -2.34. The first-order valence-electron chi connectivity index (χ1n) is 7.92. The van der Waals surface area contributed by atoms with Crippen molar-refractivity contribution in [3.63, 3.8) is 0 Å². The maximum absolute atomic E-state index is 12.1. The van der Waals surface area contributed by atoms with E-state index in [4.69, 9.17) is 16.3 Å². The zero-order chi connectivity index (χ0) is 17.0. The third-order valence-corrected chi connectivity index (χ3v) is 3.96. The maximum Gasteiger partial charge on any atom is 0.410 e. The average molecular weight is 341 g/mol. The molecule has 1 aromatic heterocycles. The molecule has 23 heavy (non-hydrogen) atoms. The second-order valence-corrected chi connectivity index (χ2v) is 7.36. The Bertz CT molecular complexity index is 539. The molecule has 1 aliphatic rings. The van der Waals surface area contributed by atoms with E-state index < -0.39 is 5.60 Å². The Morgan fingerprint density at radius 1 is 1.43 bits per heavy atom. The minimum Gasteiger partial charge on any atom is -0.444 e. The first-order chi connectivity index (χ1) is 10.7. The minimum atomic E-state index is -0.446. The van der Waals surface area contributed by atoms with Crippen molar-refractivity contribution in [2.24, 2.45) is 5.92 Å². The summed E-state index contributed by atoms with van der Waals surface area (Å²) in [5, 5.41) is 0.446. The molecular weight excluding hydrogens is 316 g/mol. The van der Waals surface area contributed by atoms with E-state index in [1.807, 2.05) is 32.7 Å². The highest BCUT2D eigenvalue weighted by Gasteiger charge is 2.27. The van der Waals surface area contributed by atoms with Gasteiger partial charge in [0.05, 0.1) is 0 Å². The van der Waals surface area contributed by atoms with Crippen LogP contribution >= 0.6 is 11.6 Å². The van der Waals surface area contributed by atoms with Crippen molar-refractivity contribution in [3.05, 3.63) is 17.4 Å². The predicted molar refractivity (Wildman–Crippen MR) is 90.8 cm³/mol. The SMILES string of the molecule is CN(CC1CCN(C(=O)OC(C)(C)C)CC1)c1nccc(Cl)n1. The molecule has 0 atom stereocenters. The Labute approximate surface area is 142 Å². The molecule has 1 aliphatic heterocycles. The number of nitrogens with zero attached hydrogens (tertiary/aromatic N) is 4. The highest BCUT2D eigenvalue weighted by molar-refractivity contribution is 6.29. The van der Waals surface area contributed by atoms with Crippen molar-refractivity contribution in [1.29, 1.82) is 0 Å². The molecule has 128 valence electrons. The zero-order valence-corrected chi connectivity index (χ0v) is 15.0. The molecule has 0 unspecified atom stereocenters. The Kier molecular flexibility index (Phi) is 5.68. The topological polar surface area (TPSA) is 58.6 Å². The molecule has 7 heteroatoms. The molecule has 0 radical (unpaired) electrons. The smallest absolute Gasteiger partial charge is 0.410 e. The predicted octanol–water partition coefficient (Wildman–Crippen LogP) is 3.21. The van der Waals surface area contributed by atoms with Gasteiger partial charge in [0, 0.05) is 32.9 Å². The van der Waals surface area contributed by atoms with Gasteiger partial charge >= 0.3 is 6.09 Å². The minimum absolute atomic E-state index is 0.220. The van der Waals surface area contributed by atoms with Gasteiger partial charge in [-0.3, -0.25) is 0 Å². The number of anilines is 1. The van der Waals surface area contributed by atoms with Gasteiger partial charge in [-0.1, -0.05) is 11.6 Å². The van der Waals surface area contributed by atoms with Crippen LogP contribution in [0.5, 0.6) is 0 Å². The van der Waals surface area contributed by atoms with E-state index >= 15 is 0 Å². The van der Waals surface area contributed by atoms with Crippen LogP contribution < -0.4 is 4.90 Å². The number of hydrogen-bond acceptors (Lipinski definition) is 5. The van der Waals surface area contributed by atoms with Crippen LogP contribution in [0.4, 0.5) is 10.7 Å². The van der Waals surface area contributed by atoms with Gasteiger partial charge < -0.3 is 14.5 Å². The number of aromatic nitrogens is 2. The van der Waals surface area contributed by atoms with E-state index in [0.29, 0.717) is 17.0 Å². The third-order valence-electron chi connectivity index (χ3n) is 3.75. The molecule has 1 fully saturated rings. The molecule has 0 aromatic carbocycles. The molecule has 1 aromatic rings. The van der Waals surface area contributed by atoms with Gasteiger partial charge in [0.2, 0.25) is 5.95 Å².